The van der Waals surface area contributed by atoms with Gasteiger partial charge in [-0.25, -0.2) is 0 Å². The molecule has 0 amide bonds. The highest BCUT2D eigenvalue weighted by Crippen LogP contribution is 2.27. The van der Waals surface area contributed by atoms with Gasteiger partial charge in [-0.05, 0) is 57.0 Å². The van der Waals surface area contributed by atoms with Crippen LogP contribution < -0.4 is 0 Å². The lowest BCUT2D eigenvalue weighted by Crippen LogP contribution is -2.52. The fourth-order valence-electron chi connectivity index (χ4n) is 1.92. The van der Waals surface area contributed by atoms with Gasteiger partial charge in [0.2, 0.25) is 0 Å². The van der Waals surface area contributed by atoms with Crippen LogP contribution in [0.15, 0.2) is 16.8 Å². The predicted molar refractivity (Wildman–Crippen MR) is 72.5 cm³/mol. The summed E-state index contributed by atoms with van der Waals surface area (Å²) in [6.07, 6.45) is 5.64. The van der Waals surface area contributed by atoms with Crippen LogP contribution in [0.5, 0.6) is 0 Å². The third kappa shape index (κ3) is 3.10. The van der Waals surface area contributed by atoms with Gasteiger partial charge in [0.15, 0.2) is 0 Å². The first kappa shape index (κ1) is 13.3. The Labute approximate surface area is 103 Å². The third-order valence-electron chi connectivity index (χ3n) is 2.76. The van der Waals surface area contributed by atoms with E-state index in [1.807, 2.05) is 0 Å². The topological polar surface area (TPSA) is 3.24 Å². The van der Waals surface area contributed by atoms with Crippen LogP contribution in [0.2, 0.25) is 0 Å². The molecule has 88 valence electrons. The Bertz CT molecular complexity index is 362. The van der Waals surface area contributed by atoms with Gasteiger partial charge in [-0.15, -0.1) is 6.42 Å². The second kappa shape index (κ2) is 4.61. The van der Waals surface area contributed by atoms with Crippen LogP contribution in [0.25, 0.3) is 0 Å². The summed E-state index contributed by atoms with van der Waals surface area (Å²) < 4.78 is 0. The molecule has 0 radical (unpaired) electrons. The van der Waals surface area contributed by atoms with E-state index in [4.69, 9.17) is 6.42 Å². The summed E-state index contributed by atoms with van der Waals surface area (Å²) in [4.78, 5) is 2.36. The normalized spacial score (nSPS) is 12.8. The Kier molecular flexibility index (Phi) is 3.83. The maximum Gasteiger partial charge on any atom is 0.0773 e. The lowest BCUT2D eigenvalue weighted by Gasteiger charge is -2.44. The number of hydrogen-bond donors (Lipinski definition) is 0. The van der Waals surface area contributed by atoms with Crippen molar-refractivity contribution in [2.24, 2.45) is 0 Å². The molecule has 0 atom stereocenters. The van der Waals surface area contributed by atoms with Gasteiger partial charge in [0.1, 0.15) is 0 Å². The second-order valence-corrected chi connectivity index (χ2v) is 6.37. The smallest absolute Gasteiger partial charge is 0.0773 e. The first-order valence-corrected chi connectivity index (χ1v) is 6.48. The molecule has 16 heavy (non-hydrogen) atoms. The van der Waals surface area contributed by atoms with Crippen LogP contribution in [-0.4, -0.2) is 16.0 Å². The first-order valence-electron chi connectivity index (χ1n) is 5.54. The molecule has 0 bridgehead atoms. The maximum atomic E-state index is 5.64. The van der Waals surface area contributed by atoms with Gasteiger partial charge in [-0.2, -0.15) is 11.3 Å². The third-order valence-corrected chi connectivity index (χ3v) is 3.49. The fraction of sp³-hybridized carbons (Fsp3) is 0.571. The zero-order chi connectivity index (χ0) is 12.4. The van der Waals surface area contributed by atoms with Crippen LogP contribution >= 0.6 is 11.3 Å². The molecule has 1 rings (SSSR count). The monoisotopic (exact) mass is 235 g/mol. The molecule has 0 unspecified atom stereocenters. The minimum Gasteiger partial charge on any atom is -0.278 e. The zero-order valence-electron chi connectivity index (χ0n) is 10.9. The summed E-state index contributed by atoms with van der Waals surface area (Å²) in [6, 6.07) is 2.16. The average Bonchev–Trinajstić information content (AvgIpc) is 2.64. The summed E-state index contributed by atoms with van der Waals surface area (Å²) in [6.45, 7) is 11.7. The summed E-state index contributed by atoms with van der Waals surface area (Å²) in [7, 11) is 0. The van der Waals surface area contributed by atoms with Crippen molar-refractivity contribution in [2.45, 2.75) is 52.2 Å². The average molecular weight is 235 g/mol. The van der Waals surface area contributed by atoms with Crippen molar-refractivity contribution in [2.75, 3.05) is 0 Å². The summed E-state index contributed by atoms with van der Waals surface area (Å²) in [5, 5.41) is 4.30. The standard InChI is InChI=1S/C14H21NS/c1-7-14(5,6)15(13(2,3)4)10-12-8-9-16-11-12/h1,8-9,11H,10H2,2-6H3. The quantitative estimate of drug-likeness (QED) is 0.721. The number of thiophene rings is 1. The van der Waals surface area contributed by atoms with Crippen LogP contribution in [-0.2, 0) is 6.54 Å². The van der Waals surface area contributed by atoms with Crippen molar-refractivity contribution < 1.29 is 0 Å². The van der Waals surface area contributed by atoms with E-state index in [1.165, 1.54) is 5.56 Å². The van der Waals surface area contributed by atoms with Crippen molar-refractivity contribution in [3.63, 3.8) is 0 Å². The van der Waals surface area contributed by atoms with Gasteiger partial charge >= 0.3 is 0 Å². The van der Waals surface area contributed by atoms with E-state index in [2.05, 4.69) is 62.3 Å². The van der Waals surface area contributed by atoms with Gasteiger partial charge < -0.3 is 0 Å². The molecule has 0 aliphatic rings. The van der Waals surface area contributed by atoms with Crippen molar-refractivity contribution in [3.05, 3.63) is 22.4 Å². The molecule has 0 fully saturated rings. The molecule has 1 aromatic heterocycles. The van der Waals surface area contributed by atoms with Gasteiger partial charge in [0.05, 0.1) is 5.54 Å². The molecule has 1 aromatic rings. The van der Waals surface area contributed by atoms with Gasteiger partial charge in [-0.3, -0.25) is 4.90 Å². The summed E-state index contributed by atoms with van der Waals surface area (Å²) in [5.41, 5.74) is 1.18. The van der Waals surface area contributed by atoms with Gasteiger partial charge in [0.25, 0.3) is 0 Å². The molecule has 0 saturated carbocycles. The van der Waals surface area contributed by atoms with Crippen LogP contribution in [0, 0.1) is 12.3 Å². The van der Waals surface area contributed by atoms with Crippen molar-refractivity contribution in [1.29, 1.82) is 0 Å². The Morgan fingerprint density at radius 2 is 1.94 bits per heavy atom. The van der Waals surface area contributed by atoms with E-state index >= 15 is 0 Å². The van der Waals surface area contributed by atoms with Crippen LogP contribution in [0.1, 0.15) is 40.2 Å². The number of terminal acetylenes is 1. The van der Waals surface area contributed by atoms with Gasteiger partial charge in [0, 0.05) is 12.1 Å². The maximum absolute atomic E-state index is 5.64. The molecular formula is C14H21NS. The molecule has 0 aliphatic carbocycles. The largest absolute Gasteiger partial charge is 0.278 e. The lowest BCUT2D eigenvalue weighted by atomic mass is 9.94. The highest BCUT2D eigenvalue weighted by atomic mass is 32.1. The lowest BCUT2D eigenvalue weighted by molar-refractivity contribution is 0.0530. The Morgan fingerprint density at radius 3 is 2.31 bits per heavy atom. The molecule has 1 nitrogen and oxygen atoms in total. The molecule has 1 heterocycles. The van der Waals surface area contributed by atoms with Crippen molar-refractivity contribution in [1.82, 2.24) is 4.90 Å². The first-order chi connectivity index (χ1) is 7.27. The van der Waals surface area contributed by atoms with E-state index in [-0.39, 0.29) is 11.1 Å². The molecule has 0 aliphatic heterocycles. The highest BCUT2D eigenvalue weighted by molar-refractivity contribution is 7.07. The number of nitrogens with zero attached hydrogens (tertiary/aromatic N) is 1. The van der Waals surface area contributed by atoms with E-state index in [0.717, 1.165) is 6.54 Å². The number of hydrogen-bond acceptors (Lipinski definition) is 2. The van der Waals surface area contributed by atoms with E-state index < -0.39 is 0 Å². The minimum absolute atomic E-state index is 0.0673. The van der Waals surface area contributed by atoms with Crippen LogP contribution in [0.3, 0.4) is 0 Å². The van der Waals surface area contributed by atoms with E-state index in [0.29, 0.717) is 0 Å². The molecular weight excluding hydrogens is 214 g/mol. The van der Waals surface area contributed by atoms with Crippen LogP contribution in [0.4, 0.5) is 0 Å². The molecule has 2 heteroatoms. The van der Waals surface area contributed by atoms with Crippen molar-refractivity contribution >= 4 is 11.3 Å². The Balaban J connectivity index is 2.95. The summed E-state index contributed by atoms with van der Waals surface area (Å²) in [5.74, 6) is 2.89. The zero-order valence-corrected chi connectivity index (χ0v) is 11.7. The second-order valence-electron chi connectivity index (χ2n) is 5.59. The van der Waals surface area contributed by atoms with Crippen molar-refractivity contribution in [3.8, 4) is 12.3 Å². The minimum atomic E-state index is -0.222. The summed E-state index contributed by atoms with van der Waals surface area (Å²) >= 11 is 1.73. The van der Waals surface area contributed by atoms with E-state index in [1.54, 1.807) is 11.3 Å². The molecule has 0 aromatic carbocycles. The van der Waals surface area contributed by atoms with E-state index in [9.17, 15) is 0 Å². The fourth-order valence-corrected chi connectivity index (χ4v) is 2.58. The molecule has 0 saturated heterocycles. The Morgan fingerprint density at radius 1 is 1.31 bits per heavy atom. The predicted octanol–water partition coefficient (Wildman–Crippen LogP) is 3.76. The molecule has 0 N–H and O–H groups in total. The van der Waals surface area contributed by atoms with Gasteiger partial charge in [-0.1, -0.05) is 5.92 Å². The molecule has 0 spiro atoms. The SMILES string of the molecule is C#CC(C)(C)N(Cc1ccsc1)C(C)(C)C. The highest BCUT2D eigenvalue weighted by Gasteiger charge is 2.33. The Hall–Kier alpha value is -0.780. The number of rotatable bonds is 3.